The van der Waals surface area contributed by atoms with Crippen molar-refractivity contribution in [3.8, 4) is 0 Å². The summed E-state index contributed by atoms with van der Waals surface area (Å²) in [7, 11) is 0. The lowest BCUT2D eigenvalue weighted by atomic mass is 10.0. The molecule has 2 heteroatoms. The molecule has 0 spiro atoms. The maximum Gasteiger partial charge on any atom is 0.137 e. The van der Waals surface area contributed by atoms with E-state index in [2.05, 4.69) is 74.6 Å². The lowest BCUT2D eigenvalue weighted by molar-refractivity contribution is 0.476. The van der Waals surface area contributed by atoms with Crippen LogP contribution in [0.4, 0.5) is 0 Å². The van der Waals surface area contributed by atoms with E-state index in [1.807, 2.05) is 0 Å². The molecule has 0 radical (unpaired) electrons. The first-order chi connectivity index (χ1) is 10.2. The third-order valence-electron chi connectivity index (χ3n) is 3.86. The van der Waals surface area contributed by atoms with Crippen LogP contribution in [0.2, 0.25) is 0 Å². The van der Waals surface area contributed by atoms with E-state index in [1.165, 1.54) is 22.1 Å². The summed E-state index contributed by atoms with van der Waals surface area (Å²) in [6, 6.07) is 17.1. The zero-order chi connectivity index (χ0) is 14.8. The summed E-state index contributed by atoms with van der Waals surface area (Å²) in [5, 5.41) is 4.69. The molecule has 2 aromatic carbocycles. The first-order valence-corrected chi connectivity index (χ1v) is 7.48. The van der Waals surface area contributed by atoms with Crippen molar-refractivity contribution in [2.45, 2.75) is 26.8 Å². The Morgan fingerprint density at radius 2 is 1.81 bits per heavy atom. The second-order valence-electron chi connectivity index (χ2n) is 5.54. The van der Waals surface area contributed by atoms with Crippen molar-refractivity contribution in [3.05, 3.63) is 71.0 Å². The highest BCUT2D eigenvalue weighted by atomic mass is 16.3. The molecule has 0 aliphatic carbocycles. The van der Waals surface area contributed by atoms with Crippen LogP contribution >= 0.6 is 0 Å². The van der Waals surface area contributed by atoms with Gasteiger partial charge < -0.3 is 9.73 Å². The monoisotopic (exact) mass is 279 g/mol. The molecule has 3 rings (SSSR count). The van der Waals surface area contributed by atoms with E-state index in [-0.39, 0.29) is 6.04 Å². The molecule has 0 amide bonds. The summed E-state index contributed by atoms with van der Waals surface area (Å²) in [4.78, 5) is 0. The van der Waals surface area contributed by atoms with E-state index in [4.69, 9.17) is 4.42 Å². The van der Waals surface area contributed by atoms with Gasteiger partial charge in [-0.1, -0.05) is 55.0 Å². The normalized spacial score (nSPS) is 12.7. The molecule has 0 fully saturated rings. The van der Waals surface area contributed by atoms with Gasteiger partial charge in [0.2, 0.25) is 0 Å². The molecule has 21 heavy (non-hydrogen) atoms. The molecule has 1 N–H and O–H groups in total. The van der Waals surface area contributed by atoms with Gasteiger partial charge in [-0.25, -0.2) is 0 Å². The minimum atomic E-state index is 0.0994. The Hall–Kier alpha value is -2.06. The lowest BCUT2D eigenvalue weighted by Gasteiger charge is -2.16. The van der Waals surface area contributed by atoms with Gasteiger partial charge in [-0.15, -0.1) is 0 Å². The van der Waals surface area contributed by atoms with Crippen LogP contribution in [0.5, 0.6) is 0 Å². The molecule has 2 nitrogen and oxygen atoms in total. The fraction of sp³-hybridized carbons (Fsp3) is 0.263. The van der Waals surface area contributed by atoms with Crippen molar-refractivity contribution in [2.75, 3.05) is 6.54 Å². The van der Waals surface area contributed by atoms with Crippen LogP contribution in [-0.2, 0) is 0 Å². The molecule has 3 aromatic rings. The van der Waals surface area contributed by atoms with Gasteiger partial charge >= 0.3 is 0 Å². The fourth-order valence-electron chi connectivity index (χ4n) is 2.72. The summed E-state index contributed by atoms with van der Waals surface area (Å²) in [5.74, 6) is 0.977. The molecular formula is C19H21NO. The average Bonchev–Trinajstić information content (AvgIpc) is 2.91. The molecule has 0 bridgehead atoms. The number of nitrogens with one attached hydrogen (secondary N) is 1. The average molecular weight is 279 g/mol. The van der Waals surface area contributed by atoms with Gasteiger partial charge in [0, 0.05) is 5.39 Å². The fourth-order valence-corrected chi connectivity index (χ4v) is 2.72. The van der Waals surface area contributed by atoms with Crippen LogP contribution in [0.25, 0.3) is 11.0 Å². The third kappa shape index (κ3) is 2.72. The smallest absolute Gasteiger partial charge is 0.137 e. The first-order valence-electron chi connectivity index (χ1n) is 7.48. The summed E-state index contributed by atoms with van der Waals surface area (Å²) >= 11 is 0. The van der Waals surface area contributed by atoms with Crippen LogP contribution in [0, 0.1) is 13.8 Å². The number of rotatable bonds is 4. The zero-order valence-electron chi connectivity index (χ0n) is 12.8. The van der Waals surface area contributed by atoms with Gasteiger partial charge in [0.15, 0.2) is 0 Å². The number of hydrogen-bond acceptors (Lipinski definition) is 2. The summed E-state index contributed by atoms with van der Waals surface area (Å²) < 4.78 is 6.14. The Balaban J connectivity index is 2.06. The van der Waals surface area contributed by atoms with Crippen LogP contribution in [0.3, 0.4) is 0 Å². The summed E-state index contributed by atoms with van der Waals surface area (Å²) in [6.07, 6.45) is 0. The highest BCUT2D eigenvalue weighted by molar-refractivity contribution is 5.81. The van der Waals surface area contributed by atoms with E-state index in [9.17, 15) is 0 Å². The van der Waals surface area contributed by atoms with E-state index >= 15 is 0 Å². The second kappa shape index (κ2) is 5.74. The standard InChI is InChI=1S/C19H21NO/c1-4-20-18(15-10-8-13(2)9-11-15)17-12-16-7-5-6-14(3)19(16)21-17/h5-12,18,20H,4H2,1-3H3. The quantitative estimate of drug-likeness (QED) is 0.745. The van der Waals surface area contributed by atoms with Gasteiger partial charge in [0.25, 0.3) is 0 Å². The molecule has 1 atom stereocenters. The van der Waals surface area contributed by atoms with E-state index in [1.54, 1.807) is 0 Å². The number of aryl methyl sites for hydroxylation is 2. The third-order valence-corrected chi connectivity index (χ3v) is 3.86. The Bertz CT molecular complexity index is 740. The molecule has 1 heterocycles. The molecule has 0 aliphatic rings. The number of benzene rings is 2. The van der Waals surface area contributed by atoms with Crippen LogP contribution in [0.15, 0.2) is 52.9 Å². The van der Waals surface area contributed by atoms with E-state index in [0.29, 0.717) is 0 Å². The largest absolute Gasteiger partial charge is 0.459 e. The minimum Gasteiger partial charge on any atom is -0.459 e. The number of fused-ring (bicyclic) bond motifs is 1. The van der Waals surface area contributed by atoms with Crippen LogP contribution in [-0.4, -0.2) is 6.54 Å². The van der Waals surface area contributed by atoms with Gasteiger partial charge in [0.1, 0.15) is 11.3 Å². The molecule has 0 saturated heterocycles. The Morgan fingerprint density at radius 1 is 1.05 bits per heavy atom. The zero-order valence-corrected chi connectivity index (χ0v) is 12.8. The molecule has 1 unspecified atom stereocenters. The van der Waals surface area contributed by atoms with Gasteiger partial charge in [-0.05, 0) is 37.6 Å². The lowest BCUT2D eigenvalue weighted by Crippen LogP contribution is -2.21. The number of furan rings is 1. The Labute approximate surface area is 125 Å². The predicted molar refractivity (Wildman–Crippen MR) is 87.6 cm³/mol. The van der Waals surface area contributed by atoms with Crippen molar-refractivity contribution in [1.82, 2.24) is 5.32 Å². The Kier molecular flexibility index (Phi) is 3.80. The van der Waals surface area contributed by atoms with Gasteiger partial charge in [-0.2, -0.15) is 0 Å². The van der Waals surface area contributed by atoms with Crippen molar-refractivity contribution >= 4 is 11.0 Å². The van der Waals surface area contributed by atoms with Crippen molar-refractivity contribution in [3.63, 3.8) is 0 Å². The summed E-state index contributed by atoms with van der Waals surface area (Å²) in [5.41, 5.74) is 4.68. The van der Waals surface area contributed by atoms with E-state index in [0.717, 1.165) is 17.9 Å². The minimum absolute atomic E-state index is 0.0994. The molecular weight excluding hydrogens is 258 g/mol. The Morgan fingerprint density at radius 3 is 2.48 bits per heavy atom. The van der Waals surface area contributed by atoms with Crippen LogP contribution < -0.4 is 5.32 Å². The molecule has 108 valence electrons. The SMILES string of the molecule is CCNC(c1ccc(C)cc1)c1cc2cccc(C)c2o1. The first kappa shape index (κ1) is 13.9. The second-order valence-corrected chi connectivity index (χ2v) is 5.54. The maximum absolute atomic E-state index is 6.14. The van der Waals surface area contributed by atoms with Gasteiger partial charge in [-0.3, -0.25) is 0 Å². The van der Waals surface area contributed by atoms with Gasteiger partial charge in [0.05, 0.1) is 6.04 Å². The molecule has 1 aromatic heterocycles. The van der Waals surface area contributed by atoms with E-state index < -0.39 is 0 Å². The van der Waals surface area contributed by atoms with Crippen molar-refractivity contribution in [2.24, 2.45) is 0 Å². The molecule has 0 aliphatic heterocycles. The topological polar surface area (TPSA) is 25.2 Å². The molecule has 0 saturated carbocycles. The van der Waals surface area contributed by atoms with Crippen LogP contribution in [0.1, 0.15) is 35.4 Å². The number of para-hydroxylation sites is 1. The van der Waals surface area contributed by atoms with Crippen molar-refractivity contribution in [1.29, 1.82) is 0 Å². The highest BCUT2D eigenvalue weighted by Crippen LogP contribution is 2.30. The summed E-state index contributed by atoms with van der Waals surface area (Å²) in [6.45, 7) is 7.21. The predicted octanol–water partition coefficient (Wildman–Crippen LogP) is 4.75. The number of hydrogen-bond donors (Lipinski definition) is 1. The highest BCUT2D eigenvalue weighted by Gasteiger charge is 2.18. The van der Waals surface area contributed by atoms with Crippen molar-refractivity contribution < 1.29 is 4.42 Å². The maximum atomic E-state index is 6.14.